The number of para-hydroxylation sites is 1. The van der Waals surface area contributed by atoms with E-state index in [-0.39, 0.29) is 4.90 Å². The van der Waals surface area contributed by atoms with E-state index in [1.54, 1.807) is 45.2 Å². The van der Waals surface area contributed by atoms with Gasteiger partial charge in [-0.15, -0.1) is 4.83 Å². The molecule has 9 heteroatoms. The van der Waals surface area contributed by atoms with Crippen molar-refractivity contribution in [2.75, 3.05) is 0 Å². The molecule has 0 atom stereocenters. The Bertz CT molecular complexity index is 1110. The Hall–Kier alpha value is -3.17. The summed E-state index contributed by atoms with van der Waals surface area (Å²) in [6.45, 7) is 3.60. The smallest absolute Gasteiger partial charge is 0.266 e. The van der Waals surface area contributed by atoms with Gasteiger partial charge in [-0.05, 0) is 43.7 Å². The second-order valence-corrected chi connectivity index (χ2v) is 8.10. The fourth-order valence-electron chi connectivity index (χ4n) is 2.82. The molecule has 0 saturated heterocycles. The number of aromatic nitrogens is 2. The molecule has 152 valence electrons. The number of ether oxygens (including phenoxy) is 1. The first-order valence-electron chi connectivity index (χ1n) is 8.87. The van der Waals surface area contributed by atoms with Gasteiger partial charge in [-0.3, -0.25) is 14.9 Å². The van der Waals surface area contributed by atoms with Gasteiger partial charge in [0, 0.05) is 12.6 Å². The third kappa shape index (κ3) is 4.82. The number of hydrazine groups is 1. The summed E-state index contributed by atoms with van der Waals surface area (Å²) in [7, 11) is -2.28. The minimum absolute atomic E-state index is 0.0497. The van der Waals surface area contributed by atoms with E-state index in [2.05, 4.69) is 15.4 Å². The number of benzene rings is 2. The molecular formula is C20H22N4O4S. The maximum absolute atomic E-state index is 12.5. The first-order valence-corrected chi connectivity index (χ1v) is 10.4. The number of aryl methyl sites for hydroxylation is 2. The SMILES string of the molecule is Cc1nn(C)c(C)c1S(=O)(=O)NNC(=O)c1ccc(COc2ccccc2)cc1. The Morgan fingerprint density at radius 3 is 2.31 bits per heavy atom. The van der Waals surface area contributed by atoms with Crippen LogP contribution >= 0.6 is 0 Å². The maximum Gasteiger partial charge on any atom is 0.266 e. The number of carbonyl (C=O) groups excluding carboxylic acids is 1. The van der Waals surface area contributed by atoms with E-state index in [0.717, 1.165) is 11.3 Å². The van der Waals surface area contributed by atoms with Gasteiger partial charge in [0.25, 0.3) is 15.9 Å². The number of hydrogen-bond acceptors (Lipinski definition) is 5. The van der Waals surface area contributed by atoms with Gasteiger partial charge in [0.05, 0.1) is 11.4 Å². The van der Waals surface area contributed by atoms with Crippen molar-refractivity contribution in [3.05, 3.63) is 77.1 Å². The van der Waals surface area contributed by atoms with Crippen molar-refractivity contribution in [3.8, 4) is 5.75 Å². The van der Waals surface area contributed by atoms with Crippen LogP contribution in [0.2, 0.25) is 0 Å². The lowest BCUT2D eigenvalue weighted by atomic mass is 10.1. The second-order valence-electron chi connectivity index (χ2n) is 6.48. The van der Waals surface area contributed by atoms with Crippen molar-refractivity contribution in [3.63, 3.8) is 0 Å². The minimum Gasteiger partial charge on any atom is -0.489 e. The van der Waals surface area contributed by atoms with E-state index in [9.17, 15) is 13.2 Å². The summed E-state index contributed by atoms with van der Waals surface area (Å²) >= 11 is 0. The molecule has 0 radical (unpaired) electrons. The lowest BCUT2D eigenvalue weighted by molar-refractivity contribution is 0.0945. The second kappa shape index (κ2) is 8.46. The predicted octanol–water partition coefficient (Wildman–Crippen LogP) is 2.24. The molecule has 2 N–H and O–H groups in total. The molecule has 1 aromatic heterocycles. The Kier molecular flexibility index (Phi) is 6.00. The predicted molar refractivity (Wildman–Crippen MR) is 108 cm³/mol. The first kappa shape index (κ1) is 20.6. The number of hydrogen-bond donors (Lipinski definition) is 2. The van der Waals surface area contributed by atoms with Crippen LogP contribution in [0.4, 0.5) is 0 Å². The summed E-state index contributed by atoms with van der Waals surface area (Å²) in [5.74, 6) is 0.188. The summed E-state index contributed by atoms with van der Waals surface area (Å²) in [5.41, 5.74) is 4.27. The average Bonchev–Trinajstić information content (AvgIpc) is 2.98. The zero-order chi connectivity index (χ0) is 21.0. The van der Waals surface area contributed by atoms with Crippen LogP contribution in [0.25, 0.3) is 0 Å². The van der Waals surface area contributed by atoms with Crippen molar-refractivity contribution in [2.24, 2.45) is 7.05 Å². The standard InChI is InChI=1S/C20H22N4O4S/c1-14-19(15(2)24(3)22-14)29(26,27)23-21-20(25)17-11-9-16(10-12-17)13-28-18-7-5-4-6-8-18/h4-12,23H,13H2,1-3H3,(H,21,25). The molecule has 1 heterocycles. The molecule has 0 aliphatic carbocycles. The summed E-state index contributed by atoms with van der Waals surface area (Å²) in [5, 5.41) is 4.08. The van der Waals surface area contributed by atoms with Crippen molar-refractivity contribution >= 4 is 15.9 Å². The Balaban J connectivity index is 1.60. The molecule has 0 bridgehead atoms. The number of carbonyl (C=O) groups is 1. The van der Waals surface area contributed by atoms with Gasteiger partial charge in [0.1, 0.15) is 17.3 Å². The molecule has 0 fully saturated rings. The zero-order valence-electron chi connectivity index (χ0n) is 16.3. The van der Waals surface area contributed by atoms with Crippen LogP contribution in [0.5, 0.6) is 5.75 Å². The third-order valence-electron chi connectivity index (χ3n) is 4.38. The highest BCUT2D eigenvalue weighted by Crippen LogP contribution is 2.18. The van der Waals surface area contributed by atoms with Gasteiger partial charge in [-0.2, -0.15) is 5.10 Å². The van der Waals surface area contributed by atoms with E-state index >= 15 is 0 Å². The Morgan fingerprint density at radius 2 is 1.72 bits per heavy atom. The molecular weight excluding hydrogens is 392 g/mol. The average molecular weight is 414 g/mol. The highest BCUT2D eigenvalue weighted by molar-refractivity contribution is 7.89. The first-order chi connectivity index (χ1) is 13.8. The normalized spacial score (nSPS) is 11.3. The number of sulfonamides is 1. The fourth-order valence-corrected chi connectivity index (χ4v) is 4.10. The highest BCUT2D eigenvalue weighted by Gasteiger charge is 2.24. The van der Waals surface area contributed by atoms with Gasteiger partial charge in [0.2, 0.25) is 0 Å². The van der Waals surface area contributed by atoms with Crippen LogP contribution in [0.1, 0.15) is 27.3 Å². The highest BCUT2D eigenvalue weighted by atomic mass is 32.2. The van der Waals surface area contributed by atoms with Gasteiger partial charge >= 0.3 is 0 Å². The van der Waals surface area contributed by atoms with Crippen molar-refractivity contribution in [1.29, 1.82) is 0 Å². The third-order valence-corrected chi connectivity index (χ3v) is 5.87. The zero-order valence-corrected chi connectivity index (χ0v) is 17.2. The molecule has 3 rings (SSSR count). The summed E-state index contributed by atoms with van der Waals surface area (Å²) in [6, 6.07) is 16.1. The minimum atomic E-state index is -3.94. The van der Waals surface area contributed by atoms with E-state index < -0.39 is 15.9 Å². The van der Waals surface area contributed by atoms with Gasteiger partial charge in [-0.25, -0.2) is 8.42 Å². The Morgan fingerprint density at radius 1 is 1.07 bits per heavy atom. The van der Waals surface area contributed by atoms with Crippen LogP contribution in [-0.2, 0) is 23.7 Å². The van der Waals surface area contributed by atoms with Gasteiger partial charge in [-0.1, -0.05) is 30.3 Å². The fraction of sp³-hybridized carbons (Fsp3) is 0.200. The number of nitrogens with one attached hydrogen (secondary N) is 2. The molecule has 0 spiro atoms. The van der Waals surface area contributed by atoms with Crippen LogP contribution in [0, 0.1) is 13.8 Å². The molecule has 8 nitrogen and oxygen atoms in total. The molecule has 1 amide bonds. The molecule has 0 saturated carbocycles. The molecule has 29 heavy (non-hydrogen) atoms. The summed E-state index contributed by atoms with van der Waals surface area (Å²) in [6.07, 6.45) is 0. The van der Waals surface area contributed by atoms with Gasteiger partial charge < -0.3 is 4.74 Å². The van der Waals surface area contributed by atoms with Crippen molar-refractivity contribution < 1.29 is 17.9 Å². The van der Waals surface area contributed by atoms with E-state index in [1.807, 2.05) is 30.3 Å². The van der Waals surface area contributed by atoms with Crippen LogP contribution in [-0.4, -0.2) is 24.1 Å². The monoisotopic (exact) mass is 414 g/mol. The lowest BCUT2D eigenvalue weighted by Gasteiger charge is -2.10. The summed E-state index contributed by atoms with van der Waals surface area (Å²) in [4.78, 5) is 14.5. The van der Waals surface area contributed by atoms with E-state index in [1.165, 1.54) is 4.68 Å². The number of rotatable bonds is 7. The topological polar surface area (TPSA) is 102 Å². The van der Waals surface area contributed by atoms with E-state index in [4.69, 9.17) is 4.74 Å². The lowest BCUT2D eigenvalue weighted by Crippen LogP contribution is -2.41. The van der Waals surface area contributed by atoms with Crippen molar-refractivity contribution in [2.45, 2.75) is 25.3 Å². The number of amides is 1. The van der Waals surface area contributed by atoms with Crippen LogP contribution in [0.15, 0.2) is 59.5 Å². The van der Waals surface area contributed by atoms with Gasteiger partial charge in [0.15, 0.2) is 0 Å². The Labute approximate surface area is 169 Å². The molecule has 0 aliphatic rings. The molecule has 3 aromatic rings. The van der Waals surface area contributed by atoms with Crippen molar-refractivity contribution in [1.82, 2.24) is 20.0 Å². The van der Waals surface area contributed by atoms with Crippen LogP contribution in [0.3, 0.4) is 0 Å². The molecule has 2 aromatic carbocycles. The van der Waals surface area contributed by atoms with Crippen LogP contribution < -0.4 is 15.0 Å². The van der Waals surface area contributed by atoms with E-state index in [0.29, 0.717) is 23.6 Å². The number of nitrogens with zero attached hydrogens (tertiary/aromatic N) is 2. The molecule has 0 aliphatic heterocycles. The molecule has 0 unspecified atom stereocenters. The summed E-state index contributed by atoms with van der Waals surface area (Å²) < 4.78 is 32.1. The maximum atomic E-state index is 12.5. The largest absolute Gasteiger partial charge is 0.489 e. The quantitative estimate of drug-likeness (QED) is 0.577.